The van der Waals surface area contributed by atoms with Crippen molar-refractivity contribution in [2.45, 2.75) is 17.4 Å². The molecule has 0 aliphatic carbocycles. The molecule has 0 aliphatic rings. The van der Waals surface area contributed by atoms with Crippen LogP contribution in [0, 0.1) is 0 Å². The van der Waals surface area contributed by atoms with Crippen molar-refractivity contribution in [3.05, 3.63) is 66.2 Å². The highest BCUT2D eigenvalue weighted by molar-refractivity contribution is 7.89. The molecule has 0 fully saturated rings. The van der Waals surface area contributed by atoms with Crippen molar-refractivity contribution in [2.24, 2.45) is 0 Å². The summed E-state index contributed by atoms with van der Waals surface area (Å²) in [7, 11) is 0.0112. The fourth-order valence-corrected chi connectivity index (χ4v) is 4.63. The third-order valence-electron chi connectivity index (χ3n) is 5.32. The van der Waals surface area contributed by atoms with Gasteiger partial charge in [-0.3, -0.25) is 4.79 Å². The van der Waals surface area contributed by atoms with Crippen molar-refractivity contribution in [2.75, 3.05) is 27.8 Å². The number of rotatable bonds is 10. The van der Waals surface area contributed by atoms with Crippen molar-refractivity contribution in [1.82, 2.24) is 9.62 Å². The normalized spacial score (nSPS) is 12.4. The fraction of sp³-hybridized carbons (Fsp3) is 0.250. The topological polar surface area (TPSA) is 122 Å². The van der Waals surface area contributed by atoms with Crippen LogP contribution < -0.4 is 14.8 Å². The molecule has 0 saturated carbocycles. The second kappa shape index (κ2) is 10.5. The minimum Gasteiger partial charge on any atom is -0.493 e. The summed E-state index contributed by atoms with van der Waals surface area (Å²) in [6.45, 7) is -0.557. The molecule has 0 radical (unpaired) electrons. The summed E-state index contributed by atoms with van der Waals surface area (Å²) >= 11 is 0. The van der Waals surface area contributed by atoms with Crippen molar-refractivity contribution in [3.63, 3.8) is 0 Å². The van der Waals surface area contributed by atoms with Gasteiger partial charge in [0.2, 0.25) is 15.9 Å². The molecule has 0 saturated heterocycles. The molecule has 0 aromatic heterocycles. The lowest BCUT2D eigenvalue weighted by molar-refractivity contribution is -0.141. The van der Waals surface area contributed by atoms with Crippen LogP contribution in [0.4, 0.5) is 0 Å². The van der Waals surface area contributed by atoms with Gasteiger partial charge in [0.05, 0.1) is 25.7 Å². The van der Waals surface area contributed by atoms with Crippen molar-refractivity contribution >= 4 is 32.7 Å². The van der Waals surface area contributed by atoms with Crippen LogP contribution in [0.3, 0.4) is 0 Å². The molecule has 10 heteroatoms. The number of nitrogens with one attached hydrogen (secondary N) is 1. The molecule has 0 spiro atoms. The molecular formula is C24H26N2O7S. The number of sulfonamides is 1. The summed E-state index contributed by atoms with van der Waals surface area (Å²) in [5, 5.41) is 14.0. The number of carboxylic acids is 1. The summed E-state index contributed by atoms with van der Waals surface area (Å²) in [6.07, 6.45) is 0.0536. The Hall–Kier alpha value is -3.63. The van der Waals surface area contributed by atoms with Crippen LogP contribution in [0.15, 0.2) is 65.6 Å². The van der Waals surface area contributed by atoms with E-state index in [4.69, 9.17) is 9.47 Å². The maximum Gasteiger partial charge on any atom is 0.326 e. The number of benzene rings is 3. The molecule has 180 valence electrons. The van der Waals surface area contributed by atoms with E-state index in [-0.39, 0.29) is 17.1 Å². The molecule has 0 bridgehead atoms. The van der Waals surface area contributed by atoms with Gasteiger partial charge in [0, 0.05) is 19.5 Å². The van der Waals surface area contributed by atoms with Crippen molar-refractivity contribution < 1.29 is 32.6 Å². The molecule has 2 N–H and O–H groups in total. The molecule has 0 heterocycles. The second-order valence-electron chi connectivity index (χ2n) is 7.62. The lowest BCUT2D eigenvalue weighted by Gasteiger charge is -2.20. The van der Waals surface area contributed by atoms with Crippen LogP contribution in [0.2, 0.25) is 0 Å². The minimum absolute atomic E-state index is 0.0536. The van der Waals surface area contributed by atoms with E-state index in [1.807, 2.05) is 36.4 Å². The number of carboxylic acid groups (broad SMARTS) is 1. The highest BCUT2D eigenvalue weighted by Crippen LogP contribution is 2.30. The van der Waals surface area contributed by atoms with Crippen LogP contribution >= 0.6 is 0 Å². The van der Waals surface area contributed by atoms with E-state index < -0.39 is 34.5 Å². The number of hydrogen-bond acceptors (Lipinski definition) is 6. The SMILES string of the molecule is COc1ccc(S(=O)(=O)N(C)CC(=O)N[C@@H](Cc2ccc3ccccc3c2)C(=O)O)cc1OC. The highest BCUT2D eigenvalue weighted by Gasteiger charge is 2.27. The number of nitrogens with zero attached hydrogens (tertiary/aromatic N) is 1. The Balaban J connectivity index is 1.70. The second-order valence-corrected chi connectivity index (χ2v) is 9.67. The van der Waals surface area contributed by atoms with Crippen molar-refractivity contribution in [1.29, 1.82) is 0 Å². The van der Waals surface area contributed by atoms with Gasteiger partial charge in [-0.25, -0.2) is 13.2 Å². The molecule has 1 atom stereocenters. The van der Waals surface area contributed by atoms with Gasteiger partial charge in [-0.15, -0.1) is 0 Å². The van der Waals surface area contributed by atoms with E-state index in [0.717, 1.165) is 20.6 Å². The van der Waals surface area contributed by atoms with Crippen LogP contribution in [0.1, 0.15) is 5.56 Å². The van der Waals surface area contributed by atoms with Crippen LogP contribution in [0.5, 0.6) is 11.5 Å². The third-order valence-corrected chi connectivity index (χ3v) is 7.12. The van der Waals surface area contributed by atoms with Crippen LogP contribution in [-0.4, -0.2) is 63.6 Å². The maximum atomic E-state index is 12.9. The van der Waals surface area contributed by atoms with E-state index in [1.54, 1.807) is 6.07 Å². The first kappa shape index (κ1) is 25.0. The molecule has 3 aromatic carbocycles. The van der Waals surface area contributed by atoms with E-state index in [0.29, 0.717) is 5.75 Å². The number of ether oxygens (including phenoxy) is 2. The van der Waals surface area contributed by atoms with Crippen LogP contribution in [-0.2, 0) is 26.0 Å². The van der Waals surface area contributed by atoms with Gasteiger partial charge in [-0.05, 0) is 28.5 Å². The monoisotopic (exact) mass is 486 g/mol. The molecule has 3 aromatic rings. The van der Waals surface area contributed by atoms with Gasteiger partial charge in [0.15, 0.2) is 11.5 Å². The number of carbonyl (C=O) groups excluding carboxylic acids is 1. The molecule has 1 amide bonds. The quantitative estimate of drug-likeness (QED) is 0.451. The number of methoxy groups -OCH3 is 2. The molecule has 34 heavy (non-hydrogen) atoms. The van der Waals surface area contributed by atoms with Gasteiger partial charge in [0.1, 0.15) is 6.04 Å². The van der Waals surface area contributed by atoms with E-state index in [1.165, 1.54) is 39.5 Å². The first-order chi connectivity index (χ1) is 16.1. The first-order valence-corrected chi connectivity index (χ1v) is 11.8. The lowest BCUT2D eigenvalue weighted by Crippen LogP contribution is -2.46. The Bertz CT molecular complexity index is 1310. The van der Waals surface area contributed by atoms with Gasteiger partial charge in [-0.1, -0.05) is 42.5 Å². The predicted molar refractivity (Wildman–Crippen MR) is 127 cm³/mol. The minimum atomic E-state index is -4.04. The number of amides is 1. The van der Waals surface area contributed by atoms with Crippen molar-refractivity contribution in [3.8, 4) is 11.5 Å². The average Bonchev–Trinajstić information content (AvgIpc) is 2.82. The van der Waals surface area contributed by atoms with Gasteiger partial charge in [0.25, 0.3) is 0 Å². The lowest BCUT2D eigenvalue weighted by atomic mass is 10.0. The zero-order chi connectivity index (χ0) is 24.9. The number of likely N-dealkylation sites (N-methyl/N-ethyl adjacent to an activating group) is 1. The Labute approximate surface area is 198 Å². The van der Waals surface area contributed by atoms with Gasteiger partial charge >= 0.3 is 5.97 Å². The van der Waals surface area contributed by atoms with E-state index in [9.17, 15) is 23.1 Å². The number of aliphatic carboxylic acids is 1. The van der Waals surface area contributed by atoms with Gasteiger partial charge < -0.3 is 19.9 Å². The van der Waals surface area contributed by atoms with E-state index in [2.05, 4.69) is 5.32 Å². The zero-order valence-corrected chi connectivity index (χ0v) is 19.8. The highest BCUT2D eigenvalue weighted by atomic mass is 32.2. The third kappa shape index (κ3) is 5.64. The number of hydrogen-bond donors (Lipinski definition) is 2. The Morgan fingerprint density at radius 1 is 0.971 bits per heavy atom. The largest absolute Gasteiger partial charge is 0.493 e. The predicted octanol–water partition coefficient (Wildman–Crippen LogP) is 2.29. The first-order valence-electron chi connectivity index (χ1n) is 10.3. The summed E-state index contributed by atoms with van der Waals surface area (Å²) in [6, 6.07) is 16.1. The molecule has 3 rings (SSSR count). The summed E-state index contributed by atoms with van der Waals surface area (Å²) < 4.78 is 36.9. The zero-order valence-electron chi connectivity index (χ0n) is 19.0. The molecular weight excluding hydrogens is 460 g/mol. The molecule has 0 aliphatic heterocycles. The van der Waals surface area contributed by atoms with Crippen LogP contribution in [0.25, 0.3) is 10.8 Å². The number of fused-ring (bicyclic) bond motifs is 1. The standard InChI is InChI=1S/C24H26N2O7S/c1-26(34(30,31)19-10-11-21(32-2)22(14-19)33-3)15-23(27)25-20(24(28)29)13-16-8-9-17-6-4-5-7-18(17)12-16/h4-12,14,20H,13,15H2,1-3H3,(H,25,27)(H,28,29)/t20-/m0/s1. The Morgan fingerprint density at radius 2 is 1.65 bits per heavy atom. The Morgan fingerprint density at radius 3 is 2.29 bits per heavy atom. The Kier molecular flexibility index (Phi) is 7.75. The molecule has 9 nitrogen and oxygen atoms in total. The number of carbonyl (C=O) groups is 2. The summed E-state index contributed by atoms with van der Waals surface area (Å²) in [4.78, 5) is 24.2. The van der Waals surface area contributed by atoms with Gasteiger partial charge in [-0.2, -0.15) is 4.31 Å². The fourth-order valence-electron chi connectivity index (χ4n) is 3.49. The maximum absolute atomic E-state index is 12.9. The smallest absolute Gasteiger partial charge is 0.326 e. The summed E-state index contributed by atoms with van der Waals surface area (Å²) in [5.74, 6) is -1.37. The average molecular weight is 487 g/mol. The van der Waals surface area contributed by atoms with E-state index >= 15 is 0 Å². The summed E-state index contributed by atoms with van der Waals surface area (Å²) in [5.41, 5.74) is 0.734. The molecule has 0 unspecified atom stereocenters.